The highest BCUT2D eigenvalue weighted by molar-refractivity contribution is 7.13. The summed E-state index contributed by atoms with van der Waals surface area (Å²) >= 11 is 1.37. The van der Waals surface area contributed by atoms with Crippen molar-refractivity contribution in [3.05, 3.63) is 40.9 Å². The molecule has 0 fully saturated rings. The van der Waals surface area contributed by atoms with Crippen molar-refractivity contribution in [1.29, 1.82) is 0 Å². The number of carbonyl (C=O) groups is 2. The van der Waals surface area contributed by atoms with Crippen LogP contribution in [0.1, 0.15) is 29.8 Å². The van der Waals surface area contributed by atoms with Crippen molar-refractivity contribution in [2.24, 2.45) is 0 Å². The maximum atomic E-state index is 12.2. The molecule has 2 aromatic rings. The lowest BCUT2D eigenvalue weighted by Gasteiger charge is -2.16. The monoisotopic (exact) mass is 301 g/mol. The van der Waals surface area contributed by atoms with Crippen LogP contribution in [0.2, 0.25) is 0 Å². The Hall–Kier alpha value is -2.21. The number of benzene rings is 1. The number of aromatic nitrogens is 1. The minimum absolute atomic E-state index is 0.0370. The van der Waals surface area contributed by atoms with Crippen molar-refractivity contribution in [2.45, 2.75) is 19.3 Å². The molecule has 1 aromatic heterocycles. The minimum atomic E-state index is -0.610. The fourth-order valence-corrected chi connectivity index (χ4v) is 3.09. The number of nitrogens with one attached hydrogen (secondary N) is 1. The molecule has 2 amide bonds. The number of fused-ring (bicyclic) bond motifs is 1. The molecule has 0 radical (unpaired) electrons. The molecule has 0 aliphatic carbocycles. The lowest BCUT2D eigenvalue weighted by atomic mass is 9.85. The lowest BCUT2D eigenvalue weighted by Crippen LogP contribution is -2.33. The minimum Gasteiger partial charge on any atom is -0.314 e. The molecule has 1 aliphatic heterocycles. The molecule has 3 rings (SSSR count). The highest BCUT2D eigenvalue weighted by Gasteiger charge is 2.42. The summed E-state index contributed by atoms with van der Waals surface area (Å²) in [6, 6.07) is 5.34. The van der Waals surface area contributed by atoms with Gasteiger partial charge in [-0.2, -0.15) is 0 Å². The fourth-order valence-electron chi connectivity index (χ4n) is 2.57. The Bertz CT molecular complexity index is 723. The molecule has 0 atom stereocenters. The molecule has 0 spiro atoms. The van der Waals surface area contributed by atoms with E-state index in [4.69, 9.17) is 0 Å². The summed E-state index contributed by atoms with van der Waals surface area (Å²) in [5, 5.41) is 5.11. The highest BCUT2D eigenvalue weighted by Crippen LogP contribution is 2.41. The Morgan fingerprint density at radius 3 is 2.81 bits per heavy atom. The van der Waals surface area contributed by atoms with E-state index in [2.05, 4.69) is 10.3 Å². The van der Waals surface area contributed by atoms with Crippen LogP contribution in [-0.2, 0) is 10.2 Å². The molecule has 0 bridgehead atoms. The van der Waals surface area contributed by atoms with Gasteiger partial charge in [-0.05, 0) is 37.6 Å². The van der Waals surface area contributed by atoms with Gasteiger partial charge in [0.25, 0.3) is 5.91 Å². The molecule has 5 nitrogen and oxygen atoms in total. The van der Waals surface area contributed by atoms with Crippen LogP contribution in [0.4, 0.5) is 10.8 Å². The van der Waals surface area contributed by atoms with Gasteiger partial charge >= 0.3 is 0 Å². The molecule has 1 aromatic carbocycles. The smallest absolute Gasteiger partial charge is 0.257 e. The van der Waals surface area contributed by atoms with Crippen LogP contribution in [0, 0.1) is 0 Å². The van der Waals surface area contributed by atoms with E-state index in [-0.39, 0.29) is 11.8 Å². The van der Waals surface area contributed by atoms with Crippen LogP contribution >= 0.6 is 11.3 Å². The third-order valence-corrected chi connectivity index (χ3v) is 4.47. The third kappa shape index (κ3) is 2.12. The maximum absolute atomic E-state index is 12.2. The average Bonchev–Trinajstić information content (AvgIpc) is 3.02. The number of rotatable bonds is 2. The molecule has 1 N–H and O–H groups in total. The van der Waals surface area contributed by atoms with E-state index in [0.717, 1.165) is 11.3 Å². The van der Waals surface area contributed by atoms with E-state index in [1.165, 1.54) is 11.3 Å². The first-order valence-corrected chi connectivity index (χ1v) is 7.43. The van der Waals surface area contributed by atoms with Crippen LogP contribution in [0.25, 0.3) is 0 Å². The summed E-state index contributed by atoms with van der Waals surface area (Å²) in [5.74, 6) is -0.180. The van der Waals surface area contributed by atoms with E-state index in [1.54, 1.807) is 35.7 Å². The summed E-state index contributed by atoms with van der Waals surface area (Å²) in [6.45, 7) is 3.75. The SMILES string of the molecule is CN1C(=O)C(C)(C)c2cc(C(=O)Nc3nccs3)ccc21. The molecule has 21 heavy (non-hydrogen) atoms. The zero-order valence-corrected chi connectivity index (χ0v) is 12.8. The second-order valence-corrected chi connectivity index (χ2v) is 6.41. The number of likely N-dealkylation sites (N-methyl/N-ethyl adjacent to an activating group) is 1. The highest BCUT2D eigenvalue weighted by atomic mass is 32.1. The third-order valence-electron chi connectivity index (χ3n) is 3.79. The molecule has 0 saturated heterocycles. The zero-order chi connectivity index (χ0) is 15.2. The molecular formula is C15H15N3O2S. The Balaban J connectivity index is 1.95. The number of hydrogen-bond acceptors (Lipinski definition) is 4. The van der Waals surface area contributed by atoms with Gasteiger partial charge in [0.1, 0.15) is 0 Å². The van der Waals surface area contributed by atoms with Gasteiger partial charge < -0.3 is 4.90 Å². The number of amides is 2. The van der Waals surface area contributed by atoms with Crippen molar-refractivity contribution in [2.75, 3.05) is 17.3 Å². The van der Waals surface area contributed by atoms with Gasteiger partial charge in [0, 0.05) is 29.9 Å². The Morgan fingerprint density at radius 1 is 1.38 bits per heavy atom. The first-order valence-electron chi connectivity index (χ1n) is 6.55. The number of anilines is 2. The molecule has 2 heterocycles. The van der Waals surface area contributed by atoms with Crippen LogP contribution < -0.4 is 10.2 Å². The first kappa shape index (κ1) is 13.8. The van der Waals surface area contributed by atoms with Crippen molar-refractivity contribution in [3.8, 4) is 0 Å². The summed E-state index contributed by atoms with van der Waals surface area (Å²) in [5.41, 5.74) is 1.65. The molecule has 6 heteroatoms. The van der Waals surface area contributed by atoms with Gasteiger partial charge in [-0.25, -0.2) is 4.98 Å². The quantitative estimate of drug-likeness (QED) is 0.927. The van der Waals surface area contributed by atoms with Crippen molar-refractivity contribution < 1.29 is 9.59 Å². The topological polar surface area (TPSA) is 62.3 Å². The zero-order valence-electron chi connectivity index (χ0n) is 12.0. The second-order valence-electron chi connectivity index (χ2n) is 5.51. The van der Waals surface area contributed by atoms with Gasteiger partial charge in [0.05, 0.1) is 5.41 Å². The number of nitrogens with zero attached hydrogens (tertiary/aromatic N) is 2. The molecule has 0 unspecified atom stereocenters. The van der Waals surface area contributed by atoms with Gasteiger partial charge in [-0.1, -0.05) is 0 Å². The Labute approximate surface area is 126 Å². The summed E-state index contributed by atoms with van der Waals surface area (Å²) in [4.78, 5) is 30.1. The molecule has 108 valence electrons. The van der Waals surface area contributed by atoms with E-state index < -0.39 is 5.41 Å². The summed E-state index contributed by atoms with van der Waals surface area (Å²) in [7, 11) is 1.76. The Morgan fingerprint density at radius 2 is 2.14 bits per heavy atom. The van der Waals surface area contributed by atoms with E-state index >= 15 is 0 Å². The van der Waals surface area contributed by atoms with E-state index in [0.29, 0.717) is 10.7 Å². The summed E-state index contributed by atoms with van der Waals surface area (Å²) < 4.78 is 0. The molecular weight excluding hydrogens is 286 g/mol. The lowest BCUT2D eigenvalue weighted by molar-refractivity contribution is -0.121. The van der Waals surface area contributed by atoms with Crippen molar-refractivity contribution in [3.63, 3.8) is 0 Å². The number of thiazole rings is 1. The number of hydrogen-bond donors (Lipinski definition) is 1. The molecule has 0 saturated carbocycles. The van der Waals surface area contributed by atoms with Crippen LogP contribution in [0.5, 0.6) is 0 Å². The Kier molecular flexibility index (Phi) is 3.06. The van der Waals surface area contributed by atoms with E-state index in [1.807, 2.05) is 19.9 Å². The molecule has 1 aliphatic rings. The van der Waals surface area contributed by atoms with Crippen molar-refractivity contribution >= 4 is 34.0 Å². The van der Waals surface area contributed by atoms with Crippen LogP contribution in [0.15, 0.2) is 29.8 Å². The van der Waals surface area contributed by atoms with Crippen LogP contribution in [-0.4, -0.2) is 23.8 Å². The normalized spacial score (nSPS) is 16.0. The van der Waals surface area contributed by atoms with Crippen LogP contribution in [0.3, 0.4) is 0 Å². The predicted molar refractivity (Wildman–Crippen MR) is 82.9 cm³/mol. The predicted octanol–water partition coefficient (Wildman–Crippen LogP) is 2.65. The van der Waals surface area contributed by atoms with E-state index in [9.17, 15) is 9.59 Å². The van der Waals surface area contributed by atoms with Gasteiger partial charge in [0.15, 0.2) is 5.13 Å². The average molecular weight is 301 g/mol. The van der Waals surface area contributed by atoms with Gasteiger partial charge in [-0.3, -0.25) is 14.9 Å². The van der Waals surface area contributed by atoms with Crippen molar-refractivity contribution in [1.82, 2.24) is 4.98 Å². The fraction of sp³-hybridized carbons (Fsp3) is 0.267. The second kappa shape index (κ2) is 4.66. The summed E-state index contributed by atoms with van der Waals surface area (Å²) in [6.07, 6.45) is 1.64. The van der Waals surface area contributed by atoms with Gasteiger partial charge in [0.2, 0.25) is 5.91 Å². The first-order chi connectivity index (χ1) is 9.91. The number of carbonyl (C=O) groups excluding carboxylic acids is 2. The largest absolute Gasteiger partial charge is 0.314 e. The van der Waals surface area contributed by atoms with Gasteiger partial charge in [-0.15, -0.1) is 11.3 Å². The maximum Gasteiger partial charge on any atom is 0.257 e. The standard InChI is InChI=1S/C15H15N3O2S/c1-15(2)10-8-9(4-5-11(10)18(3)13(15)20)12(19)17-14-16-6-7-21-14/h4-8H,1-3H3,(H,16,17,19).